The maximum Gasteiger partial charge on any atom is 0.161 e. The van der Waals surface area contributed by atoms with E-state index in [1.807, 2.05) is 18.2 Å². The van der Waals surface area contributed by atoms with E-state index in [0.717, 1.165) is 12.1 Å². The molecule has 27 heavy (non-hydrogen) atoms. The zero-order chi connectivity index (χ0) is 19.1. The van der Waals surface area contributed by atoms with Gasteiger partial charge < -0.3 is 14.8 Å². The smallest absolute Gasteiger partial charge is 0.161 e. The third kappa shape index (κ3) is 5.31. The fourth-order valence-corrected chi connectivity index (χ4v) is 2.91. The van der Waals surface area contributed by atoms with Gasteiger partial charge in [0.2, 0.25) is 0 Å². The highest BCUT2D eigenvalue weighted by Gasteiger charge is 2.11. The van der Waals surface area contributed by atoms with Crippen LogP contribution in [0.3, 0.4) is 0 Å². The van der Waals surface area contributed by atoms with Crippen LogP contribution in [-0.2, 0) is 13.2 Å². The van der Waals surface area contributed by atoms with Gasteiger partial charge in [0, 0.05) is 11.1 Å². The van der Waals surface area contributed by atoms with Crippen LogP contribution in [0.2, 0.25) is 0 Å². The number of quaternary nitrogens is 1. The van der Waals surface area contributed by atoms with E-state index in [0.29, 0.717) is 24.1 Å². The van der Waals surface area contributed by atoms with Crippen LogP contribution in [0.5, 0.6) is 11.5 Å². The summed E-state index contributed by atoms with van der Waals surface area (Å²) < 4.78 is 24.3. The molecule has 3 aromatic carbocycles. The van der Waals surface area contributed by atoms with Crippen LogP contribution >= 0.6 is 0 Å². The van der Waals surface area contributed by atoms with Crippen LogP contribution in [0.15, 0.2) is 72.8 Å². The summed E-state index contributed by atoms with van der Waals surface area (Å²) in [5.74, 6) is 1.14. The van der Waals surface area contributed by atoms with Gasteiger partial charge >= 0.3 is 0 Å². The van der Waals surface area contributed by atoms with E-state index in [1.165, 1.54) is 23.3 Å². The second-order valence-electron chi connectivity index (χ2n) is 6.54. The van der Waals surface area contributed by atoms with Crippen LogP contribution in [0, 0.1) is 5.82 Å². The van der Waals surface area contributed by atoms with Gasteiger partial charge in [0.25, 0.3) is 0 Å². The van der Waals surface area contributed by atoms with E-state index in [-0.39, 0.29) is 5.82 Å². The highest BCUT2D eigenvalue weighted by atomic mass is 19.1. The van der Waals surface area contributed by atoms with Crippen LogP contribution in [0.25, 0.3) is 0 Å². The lowest BCUT2D eigenvalue weighted by Crippen LogP contribution is -2.83. The third-order valence-corrected chi connectivity index (χ3v) is 4.57. The van der Waals surface area contributed by atoms with E-state index >= 15 is 0 Å². The number of hydrogen-bond donors (Lipinski definition) is 1. The molecule has 0 saturated heterocycles. The predicted octanol–water partition coefficient (Wildman–Crippen LogP) is 4.24. The first kappa shape index (κ1) is 18.9. The zero-order valence-corrected chi connectivity index (χ0v) is 15.7. The highest BCUT2D eigenvalue weighted by molar-refractivity contribution is 5.43. The lowest BCUT2D eigenvalue weighted by Gasteiger charge is -2.14. The van der Waals surface area contributed by atoms with Gasteiger partial charge in [0.05, 0.1) is 7.11 Å². The Labute approximate surface area is 159 Å². The molecule has 0 amide bonds. The van der Waals surface area contributed by atoms with Crippen molar-refractivity contribution in [3.05, 3.63) is 95.3 Å². The van der Waals surface area contributed by atoms with Crippen molar-refractivity contribution in [3.63, 3.8) is 0 Å². The van der Waals surface area contributed by atoms with Gasteiger partial charge in [-0.2, -0.15) is 0 Å². The molecule has 1 atom stereocenters. The maximum atomic E-state index is 13.0. The number of nitrogens with two attached hydrogens (primary N) is 1. The minimum atomic E-state index is -0.248. The first-order valence-corrected chi connectivity index (χ1v) is 9.08. The number of ether oxygens (including phenoxy) is 2. The Kier molecular flexibility index (Phi) is 6.44. The molecule has 0 aliphatic rings. The third-order valence-electron chi connectivity index (χ3n) is 4.57. The van der Waals surface area contributed by atoms with Gasteiger partial charge in [-0.15, -0.1) is 0 Å². The Morgan fingerprint density at radius 2 is 1.59 bits per heavy atom. The fraction of sp³-hybridized carbons (Fsp3) is 0.217. The summed E-state index contributed by atoms with van der Waals surface area (Å²) in [5, 5.41) is 2.29. The van der Waals surface area contributed by atoms with Gasteiger partial charge in [-0.25, -0.2) is 4.39 Å². The first-order chi connectivity index (χ1) is 13.2. The SMILES string of the molecule is COc1cc(C[NH2+][C@@H](C)c2ccccc2)ccc1OCc1ccc(F)cc1. The summed E-state index contributed by atoms with van der Waals surface area (Å²) in [6.45, 7) is 3.42. The van der Waals surface area contributed by atoms with Crippen molar-refractivity contribution in [1.82, 2.24) is 0 Å². The minimum Gasteiger partial charge on any atom is -0.493 e. The minimum absolute atomic E-state index is 0.248. The molecule has 0 fully saturated rings. The Bertz CT molecular complexity index is 850. The van der Waals surface area contributed by atoms with Gasteiger partial charge in [0.1, 0.15) is 25.0 Å². The van der Waals surface area contributed by atoms with E-state index in [1.54, 1.807) is 19.2 Å². The topological polar surface area (TPSA) is 35.1 Å². The molecule has 0 aliphatic carbocycles. The summed E-state index contributed by atoms with van der Waals surface area (Å²) in [4.78, 5) is 0. The zero-order valence-electron chi connectivity index (χ0n) is 15.7. The molecule has 0 radical (unpaired) electrons. The average Bonchev–Trinajstić information content (AvgIpc) is 2.72. The van der Waals surface area contributed by atoms with Crippen molar-refractivity contribution in [2.45, 2.75) is 26.1 Å². The Morgan fingerprint density at radius 1 is 0.889 bits per heavy atom. The van der Waals surface area contributed by atoms with Crippen molar-refractivity contribution in [1.29, 1.82) is 0 Å². The number of benzene rings is 3. The van der Waals surface area contributed by atoms with Gasteiger partial charge in [0.15, 0.2) is 11.5 Å². The van der Waals surface area contributed by atoms with E-state index in [4.69, 9.17) is 9.47 Å². The molecule has 2 N–H and O–H groups in total. The number of halogens is 1. The standard InChI is InChI=1S/C23H24FNO2/c1-17(20-6-4-3-5-7-20)25-15-19-10-13-22(23(14-19)26-2)27-16-18-8-11-21(24)12-9-18/h3-14,17,25H,15-16H2,1-2H3/p+1/t17-/m0/s1. The average molecular weight is 366 g/mol. The van der Waals surface area contributed by atoms with E-state index in [9.17, 15) is 4.39 Å². The van der Waals surface area contributed by atoms with Crippen molar-refractivity contribution < 1.29 is 19.2 Å². The molecule has 0 aliphatic heterocycles. The number of methoxy groups -OCH3 is 1. The Hall–Kier alpha value is -2.85. The molecule has 0 spiro atoms. The first-order valence-electron chi connectivity index (χ1n) is 9.08. The lowest BCUT2D eigenvalue weighted by molar-refractivity contribution is -0.707. The summed E-state index contributed by atoms with van der Waals surface area (Å²) in [5.41, 5.74) is 3.39. The van der Waals surface area contributed by atoms with Gasteiger partial charge in [-0.1, -0.05) is 42.5 Å². The number of hydrogen-bond acceptors (Lipinski definition) is 2. The van der Waals surface area contributed by atoms with Gasteiger partial charge in [-0.05, 0) is 42.8 Å². The normalized spacial score (nSPS) is 11.8. The molecule has 3 aromatic rings. The van der Waals surface area contributed by atoms with Crippen molar-refractivity contribution >= 4 is 0 Å². The molecule has 3 nitrogen and oxygen atoms in total. The maximum absolute atomic E-state index is 13.0. The summed E-state index contributed by atoms with van der Waals surface area (Å²) in [6.07, 6.45) is 0. The lowest BCUT2D eigenvalue weighted by atomic mass is 10.1. The summed E-state index contributed by atoms with van der Waals surface area (Å²) in [6, 6.07) is 23.1. The van der Waals surface area contributed by atoms with Crippen molar-refractivity contribution in [3.8, 4) is 11.5 Å². The molecule has 140 valence electrons. The second-order valence-corrected chi connectivity index (χ2v) is 6.54. The summed E-state index contributed by atoms with van der Waals surface area (Å²) >= 11 is 0. The monoisotopic (exact) mass is 366 g/mol. The van der Waals surface area contributed by atoms with Crippen LogP contribution in [0.1, 0.15) is 29.7 Å². The molecule has 4 heteroatoms. The van der Waals surface area contributed by atoms with E-state index in [2.05, 4.69) is 42.6 Å². The molecule has 0 heterocycles. The molecule has 0 bridgehead atoms. The summed E-state index contributed by atoms with van der Waals surface area (Å²) in [7, 11) is 1.64. The quantitative estimate of drug-likeness (QED) is 0.647. The van der Waals surface area contributed by atoms with Crippen LogP contribution in [0.4, 0.5) is 4.39 Å². The number of rotatable bonds is 8. The van der Waals surface area contributed by atoms with E-state index < -0.39 is 0 Å². The van der Waals surface area contributed by atoms with Crippen LogP contribution in [-0.4, -0.2) is 7.11 Å². The Balaban J connectivity index is 1.60. The van der Waals surface area contributed by atoms with Crippen molar-refractivity contribution in [2.75, 3.05) is 7.11 Å². The predicted molar refractivity (Wildman–Crippen MR) is 104 cm³/mol. The molecular formula is C23H25FNO2+. The Morgan fingerprint density at radius 3 is 2.30 bits per heavy atom. The highest BCUT2D eigenvalue weighted by Crippen LogP contribution is 2.28. The second kappa shape index (κ2) is 9.19. The van der Waals surface area contributed by atoms with Crippen molar-refractivity contribution in [2.24, 2.45) is 0 Å². The van der Waals surface area contributed by atoms with Crippen LogP contribution < -0.4 is 14.8 Å². The molecule has 3 rings (SSSR count). The fourth-order valence-electron chi connectivity index (χ4n) is 2.91. The molecule has 0 aromatic heterocycles. The largest absolute Gasteiger partial charge is 0.493 e. The molecule has 0 unspecified atom stereocenters. The molecule has 0 saturated carbocycles. The molecular weight excluding hydrogens is 341 g/mol. The van der Waals surface area contributed by atoms with Gasteiger partial charge in [-0.3, -0.25) is 0 Å².